The van der Waals surface area contributed by atoms with Crippen molar-refractivity contribution >= 4 is 5.57 Å². The van der Waals surface area contributed by atoms with Gasteiger partial charge in [-0.25, -0.2) is 0 Å². The molecule has 0 amide bonds. The van der Waals surface area contributed by atoms with Crippen LogP contribution < -0.4 is 0 Å². The van der Waals surface area contributed by atoms with Gasteiger partial charge < -0.3 is 0 Å². The molecule has 1 aliphatic carbocycles. The van der Waals surface area contributed by atoms with E-state index in [1.54, 1.807) is 0 Å². The number of hydrogen-bond acceptors (Lipinski definition) is 1. The Labute approximate surface area is 73.7 Å². The van der Waals surface area contributed by atoms with Gasteiger partial charge in [0.1, 0.15) is 0 Å². The quantitative estimate of drug-likeness (QED) is 0.627. The van der Waals surface area contributed by atoms with Gasteiger partial charge in [-0.1, -0.05) is 19.9 Å². The van der Waals surface area contributed by atoms with Gasteiger partial charge in [0.05, 0.1) is 6.20 Å². The molecule has 1 heterocycles. The predicted octanol–water partition coefficient (Wildman–Crippen LogP) is 2.79. The molecule has 1 aliphatic rings. The van der Waals surface area contributed by atoms with Gasteiger partial charge in [0.25, 0.3) is 0 Å². The second kappa shape index (κ2) is 4.10. The lowest BCUT2D eigenvalue weighted by Crippen LogP contribution is -1.94. The van der Waals surface area contributed by atoms with Crippen LogP contribution in [0.15, 0.2) is 12.3 Å². The molecule has 0 saturated heterocycles. The van der Waals surface area contributed by atoms with Crippen LogP contribution in [0.25, 0.3) is 5.57 Å². The minimum Gasteiger partial charge on any atom is -0.282 e. The average Bonchev–Trinajstić information content (AvgIpc) is 2.57. The first-order chi connectivity index (χ1) is 5.88. The van der Waals surface area contributed by atoms with E-state index in [9.17, 15) is 0 Å². The summed E-state index contributed by atoms with van der Waals surface area (Å²) in [5.74, 6) is 0. The normalized spacial score (nSPS) is 14.1. The molecule has 1 N–H and O–H groups in total. The van der Waals surface area contributed by atoms with E-state index in [1.165, 1.54) is 16.8 Å². The van der Waals surface area contributed by atoms with Crippen molar-refractivity contribution in [1.82, 2.24) is 10.2 Å². The molecule has 0 aliphatic heterocycles. The molecule has 2 nitrogen and oxygen atoms in total. The van der Waals surface area contributed by atoms with Gasteiger partial charge in [0, 0.05) is 11.3 Å². The maximum absolute atomic E-state index is 3.99. The van der Waals surface area contributed by atoms with Crippen LogP contribution in [0.2, 0.25) is 0 Å². The Hall–Kier alpha value is -1.05. The summed E-state index contributed by atoms with van der Waals surface area (Å²) in [5.41, 5.74) is 3.95. The smallest absolute Gasteiger partial charge is 0.0565 e. The van der Waals surface area contributed by atoms with Crippen molar-refractivity contribution in [2.45, 2.75) is 33.6 Å². The molecular formula is C10H16N2. The minimum absolute atomic E-state index is 1.12. The third kappa shape index (κ3) is 1.58. The maximum atomic E-state index is 3.99. The van der Waals surface area contributed by atoms with E-state index in [1.807, 2.05) is 20.0 Å². The summed E-state index contributed by atoms with van der Waals surface area (Å²) in [7, 11) is 0. The van der Waals surface area contributed by atoms with Gasteiger partial charge in [-0.15, -0.1) is 0 Å². The summed E-state index contributed by atoms with van der Waals surface area (Å²) >= 11 is 0. The van der Waals surface area contributed by atoms with Gasteiger partial charge in [0.15, 0.2) is 0 Å². The summed E-state index contributed by atoms with van der Waals surface area (Å²) in [5, 5.41) is 6.99. The Balaban J connectivity index is 0.000000336. The Morgan fingerprint density at radius 2 is 2.17 bits per heavy atom. The molecule has 66 valence electrons. The fourth-order valence-electron chi connectivity index (χ4n) is 1.39. The molecule has 0 fully saturated rings. The molecule has 1 aromatic heterocycles. The Morgan fingerprint density at radius 1 is 1.42 bits per heavy atom. The molecule has 0 bridgehead atoms. The molecule has 2 rings (SSSR count). The molecule has 0 unspecified atom stereocenters. The lowest BCUT2D eigenvalue weighted by molar-refractivity contribution is 0.902. The SMILES string of the molecule is CC.CC1=CCCc2[nH]ncc21. The number of H-pyrrole nitrogens is 1. The zero-order chi connectivity index (χ0) is 8.97. The van der Waals surface area contributed by atoms with Crippen molar-refractivity contribution in [2.75, 3.05) is 0 Å². The number of fused-ring (bicyclic) bond motifs is 1. The summed E-state index contributed by atoms with van der Waals surface area (Å²) in [6.45, 7) is 6.13. The number of aromatic nitrogens is 2. The number of nitrogens with one attached hydrogen (secondary N) is 1. The lowest BCUT2D eigenvalue weighted by atomic mass is 9.99. The van der Waals surface area contributed by atoms with Crippen LogP contribution in [0.3, 0.4) is 0 Å². The van der Waals surface area contributed by atoms with E-state index in [0.29, 0.717) is 0 Å². The van der Waals surface area contributed by atoms with Gasteiger partial charge in [0.2, 0.25) is 0 Å². The number of aromatic amines is 1. The van der Waals surface area contributed by atoms with Crippen molar-refractivity contribution < 1.29 is 0 Å². The van der Waals surface area contributed by atoms with E-state index in [4.69, 9.17) is 0 Å². The van der Waals surface area contributed by atoms with E-state index in [0.717, 1.165) is 12.8 Å². The van der Waals surface area contributed by atoms with E-state index < -0.39 is 0 Å². The first-order valence-electron chi connectivity index (χ1n) is 4.57. The molecule has 2 heteroatoms. The van der Waals surface area contributed by atoms with Crippen LogP contribution in [-0.2, 0) is 6.42 Å². The largest absolute Gasteiger partial charge is 0.282 e. The third-order valence-corrected chi connectivity index (χ3v) is 1.99. The first-order valence-corrected chi connectivity index (χ1v) is 4.57. The van der Waals surface area contributed by atoms with Crippen molar-refractivity contribution in [2.24, 2.45) is 0 Å². The first kappa shape index (κ1) is 9.04. The fourth-order valence-corrected chi connectivity index (χ4v) is 1.39. The van der Waals surface area contributed by atoms with Gasteiger partial charge in [-0.05, 0) is 25.3 Å². The number of aryl methyl sites for hydroxylation is 1. The summed E-state index contributed by atoms with van der Waals surface area (Å²) < 4.78 is 0. The molecule has 0 radical (unpaired) electrons. The van der Waals surface area contributed by atoms with Crippen molar-refractivity contribution in [3.05, 3.63) is 23.5 Å². The van der Waals surface area contributed by atoms with Crippen LogP contribution in [0.1, 0.15) is 38.4 Å². The highest BCUT2D eigenvalue weighted by Gasteiger charge is 2.09. The minimum atomic E-state index is 1.12. The van der Waals surface area contributed by atoms with E-state index in [-0.39, 0.29) is 0 Å². The molecular weight excluding hydrogens is 148 g/mol. The van der Waals surface area contributed by atoms with Gasteiger partial charge in [-0.3, -0.25) is 5.10 Å². The van der Waals surface area contributed by atoms with E-state index >= 15 is 0 Å². The molecule has 0 spiro atoms. The standard InChI is InChI=1S/C8H10N2.C2H6/c1-6-3-2-4-8-7(6)5-9-10-8;1-2/h3,5H,2,4H2,1H3,(H,9,10);1-2H3. The second-order valence-corrected chi connectivity index (χ2v) is 2.69. The van der Waals surface area contributed by atoms with Crippen LogP contribution >= 0.6 is 0 Å². The van der Waals surface area contributed by atoms with Crippen molar-refractivity contribution in [1.29, 1.82) is 0 Å². The molecule has 0 atom stereocenters. The summed E-state index contributed by atoms with van der Waals surface area (Å²) in [6.07, 6.45) is 6.44. The van der Waals surface area contributed by atoms with Crippen molar-refractivity contribution in [3.63, 3.8) is 0 Å². The Kier molecular flexibility index (Phi) is 3.09. The molecule has 1 aromatic rings. The fraction of sp³-hybridized carbons (Fsp3) is 0.500. The second-order valence-electron chi connectivity index (χ2n) is 2.69. The van der Waals surface area contributed by atoms with E-state index in [2.05, 4.69) is 23.2 Å². The third-order valence-electron chi connectivity index (χ3n) is 1.99. The lowest BCUT2D eigenvalue weighted by Gasteiger charge is -2.07. The average molecular weight is 164 g/mol. The predicted molar refractivity (Wildman–Crippen MR) is 51.9 cm³/mol. The highest BCUT2D eigenvalue weighted by atomic mass is 15.1. The topological polar surface area (TPSA) is 28.7 Å². The number of rotatable bonds is 0. The number of allylic oxidation sites excluding steroid dienone is 2. The molecule has 0 saturated carbocycles. The van der Waals surface area contributed by atoms with Crippen LogP contribution in [0.5, 0.6) is 0 Å². The monoisotopic (exact) mass is 164 g/mol. The Bertz CT molecular complexity index is 271. The zero-order valence-electron chi connectivity index (χ0n) is 8.02. The maximum Gasteiger partial charge on any atom is 0.0565 e. The zero-order valence-corrected chi connectivity index (χ0v) is 8.02. The molecule has 0 aromatic carbocycles. The van der Waals surface area contributed by atoms with Crippen LogP contribution in [0, 0.1) is 0 Å². The van der Waals surface area contributed by atoms with Gasteiger partial charge >= 0.3 is 0 Å². The molecule has 12 heavy (non-hydrogen) atoms. The highest BCUT2D eigenvalue weighted by Crippen LogP contribution is 2.22. The van der Waals surface area contributed by atoms with Crippen LogP contribution in [-0.4, -0.2) is 10.2 Å². The number of nitrogens with zero attached hydrogens (tertiary/aromatic N) is 1. The number of hydrogen-bond donors (Lipinski definition) is 1. The highest BCUT2D eigenvalue weighted by molar-refractivity contribution is 5.66. The van der Waals surface area contributed by atoms with Crippen LogP contribution in [0.4, 0.5) is 0 Å². The Morgan fingerprint density at radius 3 is 2.83 bits per heavy atom. The summed E-state index contributed by atoms with van der Waals surface area (Å²) in [6, 6.07) is 0. The van der Waals surface area contributed by atoms with Gasteiger partial charge in [-0.2, -0.15) is 5.10 Å². The summed E-state index contributed by atoms with van der Waals surface area (Å²) in [4.78, 5) is 0. The van der Waals surface area contributed by atoms with Crippen molar-refractivity contribution in [3.8, 4) is 0 Å².